The molecule has 0 aromatic heterocycles. The Labute approximate surface area is 146 Å². The van der Waals surface area contributed by atoms with Gasteiger partial charge in [0.2, 0.25) is 0 Å². The number of benzene rings is 1. The molecule has 1 heterocycles. The van der Waals surface area contributed by atoms with E-state index in [1.807, 2.05) is 26.0 Å². The van der Waals surface area contributed by atoms with E-state index in [1.165, 1.54) is 5.56 Å². The van der Waals surface area contributed by atoms with Crippen molar-refractivity contribution in [3.8, 4) is 5.75 Å². The molecule has 5 nitrogen and oxygen atoms in total. The van der Waals surface area contributed by atoms with E-state index in [1.54, 1.807) is 7.11 Å². The normalized spacial score (nSPS) is 19.4. The Hall–Kier alpha value is -1.14. The van der Waals surface area contributed by atoms with Crippen LogP contribution in [0.4, 0.5) is 0 Å². The number of quaternary nitrogens is 1. The van der Waals surface area contributed by atoms with Crippen LogP contribution in [-0.4, -0.2) is 80.2 Å². The van der Waals surface area contributed by atoms with E-state index in [4.69, 9.17) is 9.47 Å². The quantitative estimate of drug-likeness (QED) is 0.734. The maximum atomic E-state index is 10.2. The molecular weight excluding hydrogens is 304 g/mol. The molecule has 1 aromatic carbocycles. The molecule has 1 aromatic rings. The van der Waals surface area contributed by atoms with Crippen molar-refractivity contribution >= 4 is 0 Å². The molecule has 0 radical (unpaired) electrons. The highest BCUT2D eigenvalue weighted by Gasteiger charge is 2.31. The molecule has 1 saturated heterocycles. The standard InChI is InChI=1S/C19H33N2O3/c1-16(2)24-15-18(22)14-21(3)11-9-20(10-12-21)13-17-5-7-19(23-4)8-6-17/h5-8,16,18,22H,9-15H2,1-4H3/q+1. The summed E-state index contributed by atoms with van der Waals surface area (Å²) in [7, 11) is 3.93. The minimum atomic E-state index is -0.384. The van der Waals surface area contributed by atoms with Crippen LogP contribution in [0.3, 0.4) is 0 Å². The number of hydrogen-bond donors (Lipinski definition) is 1. The number of nitrogens with zero attached hydrogens (tertiary/aromatic N) is 2. The lowest BCUT2D eigenvalue weighted by atomic mass is 10.1. The first-order valence-corrected chi connectivity index (χ1v) is 8.89. The van der Waals surface area contributed by atoms with Crippen molar-refractivity contribution in [1.29, 1.82) is 0 Å². The fourth-order valence-corrected chi connectivity index (χ4v) is 3.18. The van der Waals surface area contributed by atoms with E-state index in [2.05, 4.69) is 24.1 Å². The minimum Gasteiger partial charge on any atom is -0.497 e. The Morgan fingerprint density at radius 1 is 1.17 bits per heavy atom. The summed E-state index contributed by atoms with van der Waals surface area (Å²) in [6.07, 6.45) is -0.211. The molecular formula is C19H33N2O3+. The summed E-state index contributed by atoms with van der Waals surface area (Å²) in [6, 6.07) is 8.30. The van der Waals surface area contributed by atoms with Crippen LogP contribution in [0.15, 0.2) is 24.3 Å². The molecule has 0 saturated carbocycles. The average molecular weight is 337 g/mol. The van der Waals surface area contributed by atoms with Crippen LogP contribution in [0.25, 0.3) is 0 Å². The number of aliphatic hydroxyl groups excluding tert-OH is 1. The molecule has 1 N–H and O–H groups in total. The number of ether oxygens (including phenoxy) is 2. The molecule has 0 aliphatic carbocycles. The lowest BCUT2D eigenvalue weighted by Crippen LogP contribution is -2.59. The van der Waals surface area contributed by atoms with E-state index in [0.29, 0.717) is 6.61 Å². The molecule has 0 amide bonds. The Bertz CT molecular complexity index is 482. The molecule has 1 atom stereocenters. The van der Waals surface area contributed by atoms with Crippen molar-refractivity contribution in [2.24, 2.45) is 0 Å². The number of piperazine rings is 1. The average Bonchev–Trinajstić information content (AvgIpc) is 2.56. The number of rotatable bonds is 8. The van der Waals surface area contributed by atoms with Gasteiger partial charge in [-0.1, -0.05) is 12.1 Å². The van der Waals surface area contributed by atoms with Gasteiger partial charge in [0.1, 0.15) is 18.4 Å². The van der Waals surface area contributed by atoms with Gasteiger partial charge in [-0.3, -0.25) is 4.90 Å². The highest BCUT2D eigenvalue weighted by molar-refractivity contribution is 5.27. The molecule has 1 unspecified atom stereocenters. The molecule has 24 heavy (non-hydrogen) atoms. The van der Waals surface area contributed by atoms with Gasteiger partial charge in [-0.15, -0.1) is 0 Å². The van der Waals surface area contributed by atoms with Crippen LogP contribution in [0.5, 0.6) is 5.75 Å². The second-order valence-corrected chi connectivity index (χ2v) is 7.41. The van der Waals surface area contributed by atoms with Crippen molar-refractivity contribution in [3.05, 3.63) is 29.8 Å². The monoisotopic (exact) mass is 337 g/mol. The van der Waals surface area contributed by atoms with Gasteiger partial charge in [-0.2, -0.15) is 0 Å². The van der Waals surface area contributed by atoms with E-state index < -0.39 is 0 Å². The Morgan fingerprint density at radius 2 is 1.79 bits per heavy atom. The van der Waals surface area contributed by atoms with E-state index >= 15 is 0 Å². The maximum Gasteiger partial charge on any atom is 0.126 e. The fraction of sp³-hybridized carbons (Fsp3) is 0.684. The Morgan fingerprint density at radius 3 is 2.33 bits per heavy atom. The SMILES string of the molecule is COc1ccc(CN2CC[N+](C)(CC(O)COC(C)C)CC2)cc1. The minimum absolute atomic E-state index is 0.173. The van der Waals surface area contributed by atoms with Gasteiger partial charge in [-0.05, 0) is 31.5 Å². The summed E-state index contributed by atoms with van der Waals surface area (Å²) in [6.45, 7) is 10.4. The predicted octanol–water partition coefficient (Wildman–Crippen LogP) is 1.74. The van der Waals surface area contributed by atoms with Gasteiger partial charge >= 0.3 is 0 Å². The van der Waals surface area contributed by atoms with E-state index in [9.17, 15) is 5.11 Å². The first kappa shape index (κ1) is 19.2. The lowest BCUT2D eigenvalue weighted by molar-refractivity contribution is -0.916. The van der Waals surface area contributed by atoms with Crippen molar-refractivity contribution in [1.82, 2.24) is 4.90 Å². The van der Waals surface area contributed by atoms with Gasteiger partial charge in [0, 0.05) is 19.6 Å². The molecule has 0 spiro atoms. The molecule has 136 valence electrons. The molecule has 1 aliphatic rings. The Balaban J connectivity index is 1.77. The summed E-state index contributed by atoms with van der Waals surface area (Å²) in [5.41, 5.74) is 1.32. The highest BCUT2D eigenvalue weighted by atomic mass is 16.5. The maximum absolute atomic E-state index is 10.2. The highest BCUT2D eigenvalue weighted by Crippen LogP contribution is 2.16. The van der Waals surface area contributed by atoms with Crippen LogP contribution in [-0.2, 0) is 11.3 Å². The topological polar surface area (TPSA) is 41.9 Å². The first-order chi connectivity index (χ1) is 11.4. The smallest absolute Gasteiger partial charge is 0.126 e. The summed E-state index contributed by atoms with van der Waals surface area (Å²) in [5, 5.41) is 10.2. The number of hydrogen-bond acceptors (Lipinski definition) is 4. The molecule has 1 aliphatic heterocycles. The fourth-order valence-electron chi connectivity index (χ4n) is 3.18. The zero-order chi connectivity index (χ0) is 17.6. The van der Waals surface area contributed by atoms with Gasteiger partial charge < -0.3 is 19.1 Å². The van der Waals surface area contributed by atoms with E-state index in [-0.39, 0.29) is 12.2 Å². The number of methoxy groups -OCH3 is 1. The van der Waals surface area contributed by atoms with Gasteiger partial charge in [0.05, 0.1) is 40.0 Å². The largest absolute Gasteiger partial charge is 0.497 e. The second-order valence-electron chi connectivity index (χ2n) is 7.41. The van der Waals surface area contributed by atoms with Crippen molar-refractivity contribution in [2.75, 3.05) is 53.5 Å². The van der Waals surface area contributed by atoms with Crippen LogP contribution in [0.1, 0.15) is 19.4 Å². The van der Waals surface area contributed by atoms with Crippen LogP contribution in [0.2, 0.25) is 0 Å². The molecule has 1 fully saturated rings. The predicted molar refractivity (Wildman–Crippen MR) is 96.2 cm³/mol. The third-order valence-electron chi connectivity index (χ3n) is 4.75. The summed E-state index contributed by atoms with van der Waals surface area (Å²) >= 11 is 0. The number of likely N-dealkylation sites (N-methyl/N-ethyl adjacent to an activating group) is 1. The Kier molecular flexibility index (Phi) is 7.04. The van der Waals surface area contributed by atoms with Crippen LogP contribution < -0.4 is 4.74 Å². The summed E-state index contributed by atoms with van der Waals surface area (Å²) in [5.74, 6) is 0.902. The van der Waals surface area contributed by atoms with Gasteiger partial charge in [-0.25, -0.2) is 0 Å². The molecule has 5 heteroatoms. The molecule has 0 bridgehead atoms. The second kappa shape index (κ2) is 8.81. The van der Waals surface area contributed by atoms with Gasteiger partial charge in [0.15, 0.2) is 0 Å². The zero-order valence-electron chi connectivity index (χ0n) is 15.6. The third kappa shape index (κ3) is 6.06. The first-order valence-electron chi connectivity index (χ1n) is 8.89. The lowest BCUT2D eigenvalue weighted by Gasteiger charge is -2.43. The summed E-state index contributed by atoms with van der Waals surface area (Å²) in [4.78, 5) is 2.48. The zero-order valence-corrected chi connectivity index (χ0v) is 15.6. The van der Waals surface area contributed by atoms with Crippen molar-refractivity contribution < 1.29 is 19.1 Å². The molecule has 2 rings (SSSR count). The van der Waals surface area contributed by atoms with Crippen molar-refractivity contribution in [3.63, 3.8) is 0 Å². The van der Waals surface area contributed by atoms with Gasteiger partial charge in [0.25, 0.3) is 0 Å². The van der Waals surface area contributed by atoms with E-state index in [0.717, 1.165) is 49.5 Å². The van der Waals surface area contributed by atoms with Crippen LogP contribution >= 0.6 is 0 Å². The third-order valence-corrected chi connectivity index (χ3v) is 4.75. The van der Waals surface area contributed by atoms with Crippen LogP contribution in [0, 0.1) is 0 Å². The number of aliphatic hydroxyl groups is 1. The summed E-state index contributed by atoms with van der Waals surface area (Å²) < 4.78 is 11.7. The van der Waals surface area contributed by atoms with Crippen molar-refractivity contribution in [2.45, 2.75) is 32.6 Å².